The molecule has 0 unspecified atom stereocenters. The SMILES string of the molecule is COc1cc(C(=O)Cl)c(C(F)(F)F)cc1Cl. The highest BCUT2D eigenvalue weighted by molar-refractivity contribution is 6.68. The summed E-state index contributed by atoms with van der Waals surface area (Å²) in [5, 5.41) is -1.46. The van der Waals surface area contributed by atoms with E-state index in [0.29, 0.717) is 6.07 Å². The summed E-state index contributed by atoms with van der Waals surface area (Å²) >= 11 is 10.6. The Balaban J connectivity index is 3.49. The molecular formula is C9H5Cl2F3O2. The van der Waals surface area contributed by atoms with Gasteiger partial charge in [-0.15, -0.1) is 0 Å². The summed E-state index contributed by atoms with van der Waals surface area (Å²) < 4.78 is 42.2. The summed E-state index contributed by atoms with van der Waals surface area (Å²) in [6.07, 6.45) is -4.70. The molecule has 0 fully saturated rings. The molecule has 0 aliphatic rings. The van der Waals surface area contributed by atoms with Gasteiger partial charge >= 0.3 is 6.18 Å². The maximum atomic E-state index is 12.5. The monoisotopic (exact) mass is 272 g/mol. The fourth-order valence-electron chi connectivity index (χ4n) is 1.11. The van der Waals surface area contributed by atoms with Crippen LogP contribution < -0.4 is 4.74 Å². The fraction of sp³-hybridized carbons (Fsp3) is 0.222. The summed E-state index contributed by atoms with van der Waals surface area (Å²) in [6, 6.07) is 1.47. The molecule has 0 N–H and O–H groups in total. The molecule has 88 valence electrons. The van der Waals surface area contributed by atoms with Gasteiger partial charge in [0.15, 0.2) is 0 Å². The van der Waals surface area contributed by atoms with Crippen LogP contribution in [0.5, 0.6) is 5.75 Å². The van der Waals surface area contributed by atoms with Gasteiger partial charge in [0.05, 0.1) is 23.3 Å². The topological polar surface area (TPSA) is 26.3 Å². The van der Waals surface area contributed by atoms with Gasteiger partial charge in [0.25, 0.3) is 5.24 Å². The Bertz CT molecular complexity index is 429. The number of ether oxygens (including phenoxy) is 1. The molecule has 7 heteroatoms. The van der Waals surface area contributed by atoms with Crippen molar-refractivity contribution in [1.82, 2.24) is 0 Å². The number of rotatable bonds is 2. The lowest BCUT2D eigenvalue weighted by atomic mass is 10.1. The van der Waals surface area contributed by atoms with Gasteiger partial charge in [-0.3, -0.25) is 4.79 Å². The molecule has 0 spiro atoms. The number of benzene rings is 1. The number of halogens is 5. The third-order valence-electron chi connectivity index (χ3n) is 1.81. The van der Waals surface area contributed by atoms with E-state index in [1.54, 1.807) is 0 Å². The zero-order chi connectivity index (χ0) is 12.5. The van der Waals surface area contributed by atoms with Crippen LogP contribution in [0.2, 0.25) is 5.02 Å². The van der Waals surface area contributed by atoms with E-state index in [4.69, 9.17) is 27.9 Å². The zero-order valence-electron chi connectivity index (χ0n) is 7.86. The molecule has 0 bridgehead atoms. The average Bonchev–Trinajstić information content (AvgIpc) is 2.15. The molecule has 0 aliphatic carbocycles. The van der Waals surface area contributed by atoms with Crippen LogP contribution in [0.15, 0.2) is 12.1 Å². The highest BCUT2D eigenvalue weighted by atomic mass is 35.5. The molecular weight excluding hydrogens is 268 g/mol. The summed E-state index contributed by atoms with van der Waals surface area (Å²) in [5.41, 5.74) is -1.87. The normalized spacial score (nSPS) is 11.4. The molecule has 0 saturated heterocycles. The first-order valence-electron chi connectivity index (χ1n) is 3.92. The molecule has 1 aromatic rings. The second-order valence-electron chi connectivity index (χ2n) is 2.80. The van der Waals surface area contributed by atoms with Crippen LogP contribution in [0.3, 0.4) is 0 Å². The molecule has 0 aromatic heterocycles. The van der Waals surface area contributed by atoms with Crippen LogP contribution in [0.1, 0.15) is 15.9 Å². The number of alkyl halides is 3. The van der Waals surface area contributed by atoms with Gasteiger partial charge in [0.1, 0.15) is 5.75 Å². The smallest absolute Gasteiger partial charge is 0.417 e. The quantitative estimate of drug-likeness (QED) is 0.767. The summed E-state index contributed by atoms with van der Waals surface area (Å²) in [4.78, 5) is 10.9. The second kappa shape index (κ2) is 4.51. The summed E-state index contributed by atoms with van der Waals surface area (Å²) in [5.74, 6) is -0.0429. The van der Waals surface area contributed by atoms with Gasteiger partial charge < -0.3 is 4.74 Å². The van der Waals surface area contributed by atoms with E-state index in [9.17, 15) is 18.0 Å². The lowest BCUT2D eigenvalue weighted by Crippen LogP contribution is -2.11. The Kier molecular flexibility index (Phi) is 3.70. The van der Waals surface area contributed by atoms with Crippen molar-refractivity contribution in [2.24, 2.45) is 0 Å². The number of hydrogen-bond acceptors (Lipinski definition) is 2. The maximum absolute atomic E-state index is 12.5. The van der Waals surface area contributed by atoms with E-state index in [2.05, 4.69) is 0 Å². The van der Waals surface area contributed by atoms with E-state index in [0.717, 1.165) is 6.07 Å². The van der Waals surface area contributed by atoms with Crippen LogP contribution in [0, 0.1) is 0 Å². The summed E-state index contributed by atoms with van der Waals surface area (Å²) in [6.45, 7) is 0. The molecule has 0 atom stereocenters. The molecule has 2 nitrogen and oxygen atoms in total. The third kappa shape index (κ3) is 2.59. The first kappa shape index (κ1) is 13.1. The molecule has 1 rings (SSSR count). The van der Waals surface area contributed by atoms with Crippen LogP contribution in [-0.2, 0) is 6.18 Å². The van der Waals surface area contributed by atoms with Crippen molar-refractivity contribution in [3.63, 3.8) is 0 Å². The van der Waals surface area contributed by atoms with Crippen molar-refractivity contribution >= 4 is 28.4 Å². The zero-order valence-corrected chi connectivity index (χ0v) is 9.37. The molecule has 0 saturated carbocycles. The Labute approximate surface area is 98.9 Å². The Hall–Kier alpha value is -0.940. The van der Waals surface area contributed by atoms with Gasteiger partial charge in [-0.1, -0.05) is 11.6 Å². The van der Waals surface area contributed by atoms with Gasteiger partial charge in [-0.25, -0.2) is 0 Å². The minimum atomic E-state index is -4.70. The highest BCUT2D eigenvalue weighted by Gasteiger charge is 2.36. The lowest BCUT2D eigenvalue weighted by molar-refractivity contribution is -0.137. The van der Waals surface area contributed by atoms with E-state index >= 15 is 0 Å². The average molecular weight is 273 g/mol. The molecule has 0 heterocycles. The number of carbonyl (C=O) groups excluding carboxylic acids is 1. The fourth-order valence-corrected chi connectivity index (χ4v) is 1.50. The maximum Gasteiger partial charge on any atom is 0.417 e. The predicted molar refractivity (Wildman–Crippen MR) is 53.2 cm³/mol. The van der Waals surface area contributed by atoms with E-state index in [1.165, 1.54) is 7.11 Å². The summed E-state index contributed by atoms with van der Waals surface area (Å²) in [7, 11) is 1.22. The molecule has 0 radical (unpaired) electrons. The van der Waals surface area contributed by atoms with Crippen LogP contribution in [-0.4, -0.2) is 12.4 Å². The van der Waals surface area contributed by atoms with Crippen molar-refractivity contribution in [1.29, 1.82) is 0 Å². The number of methoxy groups -OCH3 is 1. The van der Waals surface area contributed by atoms with E-state index < -0.39 is 22.5 Å². The minimum absolute atomic E-state index is 0.0429. The standard InChI is InChI=1S/C9H5Cl2F3O2/c1-16-7-2-4(8(11)15)5(3-6(7)10)9(12,13)14/h2-3H,1H3. The van der Waals surface area contributed by atoms with Crippen LogP contribution in [0.4, 0.5) is 13.2 Å². The van der Waals surface area contributed by atoms with Gasteiger partial charge in [0, 0.05) is 0 Å². The largest absolute Gasteiger partial charge is 0.495 e. The molecule has 1 aromatic carbocycles. The number of hydrogen-bond donors (Lipinski definition) is 0. The molecule has 0 aliphatic heterocycles. The Morgan fingerprint density at radius 2 is 1.94 bits per heavy atom. The van der Waals surface area contributed by atoms with Crippen molar-refractivity contribution in [2.45, 2.75) is 6.18 Å². The van der Waals surface area contributed by atoms with Crippen LogP contribution in [0.25, 0.3) is 0 Å². The Morgan fingerprint density at radius 1 is 1.38 bits per heavy atom. The first-order chi connectivity index (χ1) is 7.27. The number of carbonyl (C=O) groups is 1. The first-order valence-corrected chi connectivity index (χ1v) is 4.67. The second-order valence-corrected chi connectivity index (χ2v) is 3.55. The van der Waals surface area contributed by atoms with Gasteiger partial charge in [-0.05, 0) is 23.7 Å². The minimum Gasteiger partial charge on any atom is -0.495 e. The van der Waals surface area contributed by atoms with Crippen molar-refractivity contribution in [3.8, 4) is 5.75 Å². The highest BCUT2D eigenvalue weighted by Crippen LogP contribution is 2.38. The van der Waals surface area contributed by atoms with E-state index in [1.807, 2.05) is 0 Å². The lowest BCUT2D eigenvalue weighted by Gasteiger charge is -2.12. The molecule has 0 amide bonds. The van der Waals surface area contributed by atoms with Crippen molar-refractivity contribution < 1.29 is 22.7 Å². The Morgan fingerprint density at radius 3 is 2.31 bits per heavy atom. The van der Waals surface area contributed by atoms with Gasteiger partial charge in [0.2, 0.25) is 0 Å². The third-order valence-corrected chi connectivity index (χ3v) is 2.31. The van der Waals surface area contributed by atoms with Crippen molar-refractivity contribution in [2.75, 3.05) is 7.11 Å². The van der Waals surface area contributed by atoms with Crippen LogP contribution >= 0.6 is 23.2 Å². The molecule has 16 heavy (non-hydrogen) atoms. The van der Waals surface area contributed by atoms with Crippen molar-refractivity contribution in [3.05, 3.63) is 28.3 Å². The van der Waals surface area contributed by atoms with Gasteiger partial charge in [-0.2, -0.15) is 13.2 Å². The predicted octanol–water partition coefficient (Wildman–Crippen LogP) is 3.75. The van der Waals surface area contributed by atoms with E-state index in [-0.39, 0.29) is 10.8 Å².